The van der Waals surface area contributed by atoms with Gasteiger partial charge in [0.25, 0.3) is 0 Å². The molecule has 0 saturated heterocycles. The lowest BCUT2D eigenvalue weighted by Gasteiger charge is -2.17. The van der Waals surface area contributed by atoms with Crippen molar-refractivity contribution in [3.05, 3.63) is 48.4 Å². The first-order valence-electron chi connectivity index (χ1n) is 4.84. The van der Waals surface area contributed by atoms with E-state index in [1.807, 2.05) is 11.9 Å². The second kappa shape index (κ2) is 4.09. The number of hydrogen-bond acceptors (Lipinski definition) is 3. The van der Waals surface area contributed by atoms with Gasteiger partial charge in [0.1, 0.15) is 0 Å². The van der Waals surface area contributed by atoms with E-state index in [0.29, 0.717) is 0 Å². The summed E-state index contributed by atoms with van der Waals surface area (Å²) in [5, 5.41) is 0. The Bertz CT molecular complexity index is 422. The van der Waals surface area contributed by atoms with Crippen molar-refractivity contribution in [1.82, 2.24) is 9.97 Å². The van der Waals surface area contributed by atoms with Gasteiger partial charge in [-0.15, -0.1) is 0 Å². The fraction of sp³-hybridized carbons (Fsp3) is 0.167. The summed E-state index contributed by atoms with van der Waals surface area (Å²) in [5.41, 5.74) is 2.37. The highest BCUT2D eigenvalue weighted by atomic mass is 15.2. The number of benzene rings is 1. The maximum absolute atomic E-state index is 4.24. The quantitative estimate of drug-likeness (QED) is 0.744. The zero-order chi connectivity index (χ0) is 10.7. The van der Waals surface area contributed by atoms with E-state index in [2.05, 4.69) is 41.2 Å². The Morgan fingerprint density at radius 3 is 2.40 bits per heavy atom. The van der Waals surface area contributed by atoms with Crippen LogP contribution in [0.25, 0.3) is 0 Å². The molecule has 0 atom stereocenters. The summed E-state index contributed by atoms with van der Waals surface area (Å²) in [6.45, 7) is 2.08. The molecular formula is C12H13N3. The number of anilines is 2. The predicted octanol–water partition coefficient (Wildman–Crippen LogP) is 2.55. The van der Waals surface area contributed by atoms with Crippen molar-refractivity contribution in [2.45, 2.75) is 6.92 Å². The van der Waals surface area contributed by atoms with Crippen LogP contribution in [0.3, 0.4) is 0 Å². The van der Waals surface area contributed by atoms with Crippen LogP contribution in [-0.4, -0.2) is 17.0 Å². The first kappa shape index (κ1) is 9.65. The molecule has 0 spiro atoms. The van der Waals surface area contributed by atoms with Crippen LogP contribution in [0.1, 0.15) is 5.56 Å². The van der Waals surface area contributed by atoms with Crippen LogP contribution in [0.4, 0.5) is 11.5 Å². The first-order valence-corrected chi connectivity index (χ1v) is 4.84. The number of aromatic nitrogens is 2. The van der Waals surface area contributed by atoms with E-state index >= 15 is 0 Å². The summed E-state index contributed by atoms with van der Waals surface area (Å²) in [5.74, 6) is 0.848. The van der Waals surface area contributed by atoms with Crippen molar-refractivity contribution in [3.63, 3.8) is 0 Å². The zero-order valence-corrected chi connectivity index (χ0v) is 8.88. The fourth-order valence-electron chi connectivity index (χ4n) is 1.37. The second-order valence-electron chi connectivity index (χ2n) is 3.46. The topological polar surface area (TPSA) is 29.0 Å². The van der Waals surface area contributed by atoms with Crippen molar-refractivity contribution >= 4 is 11.5 Å². The van der Waals surface area contributed by atoms with E-state index in [-0.39, 0.29) is 0 Å². The zero-order valence-electron chi connectivity index (χ0n) is 8.88. The molecule has 3 nitrogen and oxygen atoms in total. The molecule has 3 heteroatoms. The number of rotatable bonds is 2. The summed E-state index contributed by atoms with van der Waals surface area (Å²) in [6, 6.07) is 8.32. The van der Waals surface area contributed by atoms with E-state index in [0.717, 1.165) is 11.5 Å². The van der Waals surface area contributed by atoms with Gasteiger partial charge < -0.3 is 4.90 Å². The van der Waals surface area contributed by atoms with Crippen molar-refractivity contribution in [2.75, 3.05) is 11.9 Å². The third-order valence-electron chi connectivity index (χ3n) is 2.31. The van der Waals surface area contributed by atoms with Crippen molar-refractivity contribution in [3.8, 4) is 0 Å². The maximum atomic E-state index is 4.24. The Balaban J connectivity index is 2.29. The molecule has 0 N–H and O–H groups in total. The van der Waals surface area contributed by atoms with Crippen LogP contribution in [0.5, 0.6) is 0 Å². The van der Waals surface area contributed by atoms with Crippen LogP contribution < -0.4 is 4.90 Å². The molecule has 1 aromatic heterocycles. The molecule has 0 bridgehead atoms. The van der Waals surface area contributed by atoms with E-state index in [9.17, 15) is 0 Å². The lowest BCUT2D eigenvalue weighted by atomic mass is 10.2. The molecule has 2 rings (SSSR count). The van der Waals surface area contributed by atoms with Crippen LogP contribution in [0.2, 0.25) is 0 Å². The molecule has 0 aliphatic carbocycles. The fourth-order valence-corrected chi connectivity index (χ4v) is 1.37. The number of aryl methyl sites for hydroxylation is 1. The smallest absolute Gasteiger partial charge is 0.151 e. The van der Waals surface area contributed by atoms with Crippen molar-refractivity contribution in [2.24, 2.45) is 0 Å². The van der Waals surface area contributed by atoms with Gasteiger partial charge in [0.05, 0.1) is 6.20 Å². The SMILES string of the molecule is Cc1ccc(N(C)c2cnccn2)cc1. The van der Waals surface area contributed by atoms with Gasteiger partial charge in [0.2, 0.25) is 0 Å². The highest BCUT2D eigenvalue weighted by molar-refractivity contribution is 5.58. The van der Waals surface area contributed by atoms with Gasteiger partial charge in [-0.1, -0.05) is 17.7 Å². The minimum atomic E-state index is 0.848. The maximum Gasteiger partial charge on any atom is 0.151 e. The molecule has 0 aliphatic rings. The molecule has 1 heterocycles. The van der Waals surface area contributed by atoms with Crippen molar-refractivity contribution in [1.29, 1.82) is 0 Å². The summed E-state index contributed by atoms with van der Waals surface area (Å²) in [4.78, 5) is 10.3. The molecule has 76 valence electrons. The normalized spacial score (nSPS) is 10.0. The molecule has 1 aromatic carbocycles. The Morgan fingerprint density at radius 1 is 1.07 bits per heavy atom. The number of nitrogens with zero attached hydrogens (tertiary/aromatic N) is 3. The lowest BCUT2D eigenvalue weighted by Crippen LogP contribution is -2.10. The minimum Gasteiger partial charge on any atom is -0.328 e. The van der Waals surface area contributed by atoms with Crippen LogP contribution in [0.15, 0.2) is 42.9 Å². The molecule has 0 aliphatic heterocycles. The Labute approximate surface area is 89.4 Å². The largest absolute Gasteiger partial charge is 0.328 e. The lowest BCUT2D eigenvalue weighted by molar-refractivity contribution is 1.09. The summed E-state index contributed by atoms with van der Waals surface area (Å²) in [6.07, 6.45) is 5.12. The average molecular weight is 199 g/mol. The second-order valence-corrected chi connectivity index (χ2v) is 3.46. The standard InChI is InChI=1S/C12H13N3/c1-10-3-5-11(6-4-10)15(2)12-9-13-7-8-14-12/h3-9H,1-2H3. The van der Waals surface area contributed by atoms with E-state index in [1.54, 1.807) is 18.6 Å². The molecule has 0 unspecified atom stereocenters. The van der Waals surface area contributed by atoms with Crippen LogP contribution in [-0.2, 0) is 0 Å². The highest BCUT2D eigenvalue weighted by Crippen LogP contribution is 2.20. The third-order valence-corrected chi connectivity index (χ3v) is 2.31. The monoisotopic (exact) mass is 199 g/mol. The van der Waals surface area contributed by atoms with E-state index < -0.39 is 0 Å². The van der Waals surface area contributed by atoms with Gasteiger partial charge in [-0.3, -0.25) is 4.98 Å². The van der Waals surface area contributed by atoms with Crippen molar-refractivity contribution < 1.29 is 0 Å². The Kier molecular flexibility index (Phi) is 2.63. The molecule has 15 heavy (non-hydrogen) atoms. The summed E-state index contributed by atoms with van der Waals surface area (Å²) >= 11 is 0. The molecule has 0 amide bonds. The summed E-state index contributed by atoms with van der Waals surface area (Å²) < 4.78 is 0. The van der Waals surface area contributed by atoms with E-state index in [1.165, 1.54) is 5.56 Å². The van der Waals surface area contributed by atoms with Gasteiger partial charge >= 0.3 is 0 Å². The van der Waals surface area contributed by atoms with Gasteiger partial charge in [0, 0.05) is 25.1 Å². The van der Waals surface area contributed by atoms with Gasteiger partial charge in [-0.25, -0.2) is 4.98 Å². The van der Waals surface area contributed by atoms with Gasteiger partial charge in [0.15, 0.2) is 5.82 Å². The molecule has 0 radical (unpaired) electrons. The minimum absolute atomic E-state index is 0.848. The molecule has 0 saturated carbocycles. The Morgan fingerprint density at radius 2 is 1.80 bits per heavy atom. The molecule has 0 fully saturated rings. The average Bonchev–Trinajstić information content (AvgIpc) is 2.30. The number of hydrogen-bond donors (Lipinski definition) is 0. The molecule has 2 aromatic rings. The van der Waals surface area contributed by atoms with Crippen LogP contribution in [0, 0.1) is 6.92 Å². The van der Waals surface area contributed by atoms with E-state index in [4.69, 9.17) is 0 Å². The molecular weight excluding hydrogens is 186 g/mol. The first-order chi connectivity index (χ1) is 7.27. The highest BCUT2D eigenvalue weighted by Gasteiger charge is 2.03. The van der Waals surface area contributed by atoms with Crippen LogP contribution >= 0.6 is 0 Å². The van der Waals surface area contributed by atoms with Gasteiger partial charge in [-0.05, 0) is 19.1 Å². The van der Waals surface area contributed by atoms with Gasteiger partial charge in [-0.2, -0.15) is 0 Å². The predicted molar refractivity (Wildman–Crippen MR) is 61.3 cm³/mol. The third kappa shape index (κ3) is 2.13. The summed E-state index contributed by atoms with van der Waals surface area (Å²) in [7, 11) is 1.98. The Hall–Kier alpha value is -1.90.